The zero-order valence-electron chi connectivity index (χ0n) is 29.1. The molecule has 4 aromatic rings. The van der Waals surface area contributed by atoms with Crippen LogP contribution in [-0.4, -0.2) is 38.9 Å². The van der Waals surface area contributed by atoms with Gasteiger partial charge in [0, 0.05) is 16.8 Å². The van der Waals surface area contributed by atoms with Crippen molar-refractivity contribution in [2.24, 2.45) is 30.7 Å². The van der Waals surface area contributed by atoms with Gasteiger partial charge in [-0.05, 0) is 62.4 Å². The van der Waals surface area contributed by atoms with E-state index in [1.165, 1.54) is 26.0 Å². The minimum absolute atomic E-state index is 0. The summed E-state index contributed by atoms with van der Waals surface area (Å²) >= 11 is 11.9. The molecule has 18 nitrogen and oxygen atoms in total. The van der Waals surface area contributed by atoms with Crippen molar-refractivity contribution >= 4 is 77.8 Å². The van der Waals surface area contributed by atoms with Gasteiger partial charge in [0.2, 0.25) is 20.0 Å². The summed E-state index contributed by atoms with van der Waals surface area (Å²) in [5, 5.41) is 72.7. The van der Waals surface area contributed by atoms with Gasteiger partial charge in [-0.3, -0.25) is 9.59 Å². The first-order valence-electron chi connectivity index (χ1n) is 14.6. The third-order valence-electron chi connectivity index (χ3n) is 6.39. The average Bonchev–Trinajstić information content (AvgIpc) is 3.07. The van der Waals surface area contributed by atoms with E-state index in [4.69, 9.17) is 33.5 Å². The second kappa shape index (κ2) is 21.8. The Kier molecular flexibility index (Phi) is 19.3. The summed E-state index contributed by atoms with van der Waals surface area (Å²) in [6.45, 7) is 2.39. The Morgan fingerprint density at radius 2 is 0.964 bits per heavy atom. The number of anilines is 2. The second-order valence-electron chi connectivity index (χ2n) is 10.5. The van der Waals surface area contributed by atoms with Gasteiger partial charge in [0.1, 0.15) is 11.5 Å². The van der Waals surface area contributed by atoms with Crippen LogP contribution in [0.4, 0.5) is 22.7 Å². The van der Waals surface area contributed by atoms with Crippen molar-refractivity contribution in [2.45, 2.75) is 23.6 Å². The van der Waals surface area contributed by atoms with Gasteiger partial charge < -0.3 is 31.1 Å². The maximum absolute atomic E-state index is 12.3. The summed E-state index contributed by atoms with van der Waals surface area (Å²) in [7, 11) is -8.11. The third kappa shape index (κ3) is 14.6. The number of primary sulfonamides is 2. The molecule has 0 fully saturated rings. The number of aliphatic hydroxyl groups excluding tert-OH is 2. The molecule has 293 valence electrons. The Morgan fingerprint density at radius 3 is 1.25 bits per heavy atom. The van der Waals surface area contributed by atoms with Gasteiger partial charge in [-0.15, -0.1) is 10.2 Å². The van der Waals surface area contributed by atoms with Crippen LogP contribution in [0.5, 0.6) is 11.5 Å². The Bertz CT molecular complexity index is 2280. The number of rotatable bonds is 10. The zero-order chi connectivity index (χ0) is 40.4. The van der Waals surface area contributed by atoms with E-state index in [2.05, 4.69) is 31.1 Å². The van der Waals surface area contributed by atoms with Crippen LogP contribution in [-0.2, 0) is 46.4 Å². The summed E-state index contributed by atoms with van der Waals surface area (Å²) in [6, 6.07) is 18.6. The molecule has 56 heavy (non-hydrogen) atoms. The number of halogens is 2. The van der Waals surface area contributed by atoms with Crippen LogP contribution in [0.2, 0.25) is 10.0 Å². The van der Waals surface area contributed by atoms with Crippen molar-refractivity contribution in [1.82, 2.24) is 0 Å². The number of nitrogens with two attached hydrogens (primary N) is 2. The molecule has 0 unspecified atom stereocenters. The number of nitrogens with one attached hydrogen (secondary N) is 2. The molecule has 0 aliphatic rings. The fourth-order valence-electron chi connectivity index (χ4n) is 3.76. The van der Waals surface area contributed by atoms with Crippen LogP contribution in [0.1, 0.15) is 13.8 Å². The molecule has 8 N–H and O–H groups in total. The van der Waals surface area contributed by atoms with Gasteiger partial charge in [-0.25, -0.2) is 27.1 Å². The van der Waals surface area contributed by atoms with E-state index >= 15 is 0 Å². The van der Waals surface area contributed by atoms with E-state index in [1.54, 1.807) is 36.4 Å². The van der Waals surface area contributed by atoms with Gasteiger partial charge in [-0.1, -0.05) is 71.1 Å². The quantitative estimate of drug-likeness (QED) is 0.0583. The maximum atomic E-state index is 12.3. The normalized spacial score (nSPS) is 12.2. The molecule has 2 amide bonds. The van der Waals surface area contributed by atoms with Crippen molar-refractivity contribution in [1.29, 1.82) is 0 Å². The van der Waals surface area contributed by atoms with Gasteiger partial charge in [0.05, 0.1) is 42.6 Å². The molecular weight excluding hydrogens is 873 g/mol. The largest absolute Gasteiger partial charge is 1.00 e. The number of sulfonamides is 2. The zero-order valence-corrected chi connectivity index (χ0v) is 35.3. The molecule has 4 aromatic carbocycles. The van der Waals surface area contributed by atoms with Crippen LogP contribution in [0.15, 0.2) is 138 Å². The van der Waals surface area contributed by atoms with Crippen LogP contribution >= 0.6 is 23.2 Å². The van der Waals surface area contributed by atoms with Crippen LogP contribution < -0.4 is 60.7 Å². The molecule has 0 aliphatic heterocycles. The number of carbonyl (C=O) groups excluding carboxylic acids is 2. The molecule has 1 radical (unpaired) electrons. The van der Waals surface area contributed by atoms with Gasteiger partial charge in [0.25, 0.3) is 11.8 Å². The molecule has 0 saturated heterocycles. The Balaban J connectivity index is 0.000000541. The predicted octanol–water partition coefficient (Wildman–Crippen LogP) is 2.15. The first-order valence-corrected chi connectivity index (χ1v) is 18.5. The fourth-order valence-corrected chi connectivity index (χ4v) is 5.20. The number of hydrogen-bond donors (Lipinski definition) is 6. The van der Waals surface area contributed by atoms with Gasteiger partial charge in [-0.2, -0.15) is 10.2 Å². The molecule has 0 atom stereocenters. The topological polar surface area (TPSA) is 315 Å². The van der Waals surface area contributed by atoms with E-state index in [0.717, 1.165) is 36.4 Å². The molecular formula is C32H28Cl2CoN8NaO10S2-. The van der Waals surface area contributed by atoms with Crippen LogP contribution in [0, 0.1) is 0 Å². The first-order chi connectivity index (χ1) is 25.2. The minimum atomic E-state index is -4.05. The van der Waals surface area contributed by atoms with Crippen molar-refractivity contribution in [3.63, 3.8) is 0 Å². The number of amides is 2. The van der Waals surface area contributed by atoms with Crippen molar-refractivity contribution in [2.75, 3.05) is 10.6 Å². The molecule has 24 heteroatoms. The monoisotopic (exact) mass is 900 g/mol. The number of azo groups is 2. The fraction of sp³-hybridized carbons (Fsp3) is 0.0625. The first kappa shape index (κ1) is 49.6. The molecule has 0 spiro atoms. The van der Waals surface area contributed by atoms with Crippen molar-refractivity contribution in [3.8, 4) is 11.5 Å². The molecule has 0 heterocycles. The Hall–Kier alpha value is -4.39. The van der Waals surface area contributed by atoms with Gasteiger partial charge >= 0.3 is 29.6 Å². The van der Waals surface area contributed by atoms with Gasteiger partial charge in [0.15, 0.2) is 11.4 Å². The number of benzene rings is 4. The second-order valence-corrected chi connectivity index (χ2v) is 14.4. The number of carbonyl (C=O) groups is 2. The van der Waals surface area contributed by atoms with E-state index in [0.29, 0.717) is 0 Å². The Morgan fingerprint density at radius 1 is 0.643 bits per heavy atom. The molecule has 0 bridgehead atoms. The standard InChI is InChI=1S/2C16H15ClN4O5S.Co.Na/c2*1-9(22)15(16(24)19-12-5-3-2-4-11(12)17)21-20-13-8-10(27(18,25)26)6-7-14(13)23;;/h2*2-8,22-23H,1H3,(H,19,24)(H2,18,25,26);;/q;;;+1/p-2. The number of nitrogens with zero attached hydrogens (tertiary/aromatic N) is 4. The predicted molar refractivity (Wildman–Crippen MR) is 194 cm³/mol. The number of aliphatic hydroxyl groups is 2. The van der Waals surface area contributed by atoms with Crippen molar-refractivity contribution < 1.29 is 93.2 Å². The van der Waals surface area contributed by atoms with Crippen molar-refractivity contribution in [3.05, 3.63) is 118 Å². The third-order valence-corrected chi connectivity index (χ3v) is 8.87. The summed E-state index contributed by atoms with van der Waals surface area (Å²) in [6.07, 6.45) is 0. The van der Waals surface area contributed by atoms with E-state index < -0.39 is 66.3 Å². The molecule has 4 rings (SSSR count). The maximum Gasteiger partial charge on any atom is 1.00 e. The number of para-hydroxylation sites is 2. The summed E-state index contributed by atoms with van der Waals surface area (Å²) < 4.78 is 45.5. The molecule has 0 aliphatic carbocycles. The van der Waals surface area contributed by atoms with Crippen LogP contribution in [0.3, 0.4) is 0 Å². The Labute approximate surface area is 362 Å². The number of allylic oxidation sites excluding steroid dienone is 2. The molecule has 0 saturated carbocycles. The SMILES string of the molecule is CC(O)=C(N=Nc1cc(S(N)(=O)=O)ccc1[O-])C(=O)Nc1ccccc1Cl.CC(O)=C(N=Nc1cc(S(N)(=O)=O)ccc1[O-])C(=O)Nc1ccccc1Cl.[Co].[Na+]. The minimum Gasteiger partial charge on any atom is -0.871 e. The summed E-state index contributed by atoms with van der Waals surface area (Å²) in [4.78, 5) is 23.9. The summed E-state index contributed by atoms with van der Waals surface area (Å²) in [5.41, 5.74) is -1.17. The average molecular weight is 902 g/mol. The smallest absolute Gasteiger partial charge is 0.871 e. The molecule has 0 aromatic heterocycles. The number of hydrogen-bond acceptors (Lipinski definition) is 14. The van der Waals surface area contributed by atoms with E-state index in [9.17, 15) is 46.9 Å². The summed E-state index contributed by atoms with van der Waals surface area (Å²) in [5.74, 6) is -3.90. The van der Waals surface area contributed by atoms with E-state index in [-0.39, 0.29) is 88.9 Å². The van der Waals surface area contributed by atoms with Crippen LogP contribution in [0.25, 0.3) is 0 Å². The van der Waals surface area contributed by atoms with E-state index in [1.807, 2.05) is 0 Å².